The van der Waals surface area contributed by atoms with Crippen LogP contribution >= 0.6 is 35.6 Å². The van der Waals surface area contributed by atoms with Gasteiger partial charge < -0.3 is 15.7 Å². The highest BCUT2D eigenvalue weighted by Crippen LogP contribution is 2.23. The molecular weight excluding hydrogens is 535 g/mol. The number of carbonyl (C=O) groups excluding carboxylic acids is 1. The molecule has 3 aromatic rings. The smallest absolute Gasteiger partial charge is 0.232 e. The summed E-state index contributed by atoms with van der Waals surface area (Å²) >= 11 is 12.0. The molecular formula is C26H29Cl3N6O2. The average molecular weight is 564 g/mol. The Balaban J connectivity index is 0.00000380. The number of nitrogens with one attached hydrogen (secondary N) is 4. The second-order valence-corrected chi connectivity index (χ2v) is 9.22. The molecule has 0 fully saturated rings. The first-order valence-corrected chi connectivity index (χ1v) is 12.3. The van der Waals surface area contributed by atoms with Gasteiger partial charge >= 0.3 is 0 Å². The van der Waals surface area contributed by atoms with Gasteiger partial charge in [0.05, 0.1) is 29.1 Å². The minimum absolute atomic E-state index is 0. The van der Waals surface area contributed by atoms with E-state index in [-0.39, 0.29) is 24.7 Å². The molecule has 0 bridgehead atoms. The number of hydrogen-bond acceptors (Lipinski definition) is 7. The van der Waals surface area contributed by atoms with Gasteiger partial charge in [-0.25, -0.2) is 5.53 Å². The van der Waals surface area contributed by atoms with Crippen molar-refractivity contribution >= 4 is 53.0 Å². The maximum Gasteiger partial charge on any atom is 0.232 e. The molecule has 8 nitrogen and oxygen atoms in total. The molecule has 11 heteroatoms. The zero-order valence-corrected chi connectivity index (χ0v) is 22.3. The second-order valence-electron chi connectivity index (χ2n) is 8.41. The van der Waals surface area contributed by atoms with E-state index < -0.39 is 6.10 Å². The van der Waals surface area contributed by atoms with E-state index >= 15 is 0 Å². The van der Waals surface area contributed by atoms with Crippen LogP contribution in [0.3, 0.4) is 0 Å². The van der Waals surface area contributed by atoms with Crippen molar-refractivity contribution in [3.63, 3.8) is 0 Å². The van der Waals surface area contributed by atoms with Crippen molar-refractivity contribution in [3.8, 4) is 0 Å². The number of benzene rings is 3. The molecule has 0 saturated heterocycles. The molecule has 1 amide bonds. The molecule has 1 heterocycles. The van der Waals surface area contributed by atoms with E-state index in [4.69, 9.17) is 23.2 Å². The fraction of sp³-hybridized carbons (Fsp3) is 0.231. The maximum absolute atomic E-state index is 12.4. The van der Waals surface area contributed by atoms with Crippen molar-refractivity contribution in [1.29, 1.82) is 0 Å². The van der Waals surface area contributed by atoms with E-state index in [0.29, 0.717) is 29.0 Å². The van der Waals surface area contributed by atoms with Crippen molar-refractivity contribution in [2.24, 2.45) is 5.10 Å². The Hall–Kier alpha value is -2.85. The Morgan fingerprint density at radius 2 is 1.73 bits per heavy atom. The first-order valence-electron chi connectivity index (χ1n) is 11.6. The third kappa shape index (κ3) is 8.89. The molecule has 4 rings (SSSR count). The monoisotopic (exact) mass is 562 g/mol. The predicted octanol–water partition coefficient (Wildman–Crippen LogP) is 4.45. The van der Waals surface area contributed by atoms with Crippen LogP contribution < -0.4 is 21.6 Å². The van der Waals surface area contributed by atoms with Crippen LogP contribution in [0.1, 0.15) is 29.2 Å². The van der Waals surface area contributed by atoms with Crippen molar-refractivity contribution < 1.29 is 9.90 Å². The summed E-state index contributed by atoms with van der Waals surface area (Å²) in [7, 11) is 0. The summed E-state index contributed by atoms with van der Waals surface area (Å²) in [6, 6.07) is 22.7. The summed E-state index contributed by atoms with van der Waals surface area (Å²) < 4.78 is 0. The number of rotatable bonds is 11. The third-order valence-electron chi connectivity index (χ3n) is 5.57. The van der Waals surface area contributed by atoms with E-state index in [1.807, 2.05) is 60.7 Å². The van der Waals surface area contributed by atoms with Crippen LogP contribution in [0.4, 0.5) is 5.69 Å². The Labute approximate surface area is 232 Å². The number of aliphatic hydroxyl groups excluding tert-OH is 1. The Morgan fingerprint density at radius 1 is 1.00 bits per heavy atom. The molecule has 0 aliphatic carbocycles. The summed E-state index contributed by atoms with van der Waals surface area (Å²) in [6.45, 7) is 1.72. The van der Waals surface area contributed by atoms with Gasteiger partial charge in [0.15, 0.2) is 0 Å². The van der Waals surface area contributed by atoms with Crippen LogP contribution in [-0.2, 0) is 17.8 Å². The lowest BCUT2D eigenvalue weighted by atomic mass is 10.1. The van der Waals surface area contributed by atoms with Crippen molar-refractivity contribution in [3.05, 3.63) is 99.5 Å². The fourth-order valence-corrected chi connectivity index (χ4v) is 4.00. The molecule has 0 saturated carbocycles. The predicted molar refractivity (Wildman–Crippen MR) is 151 cm³/mol. The van der Waals surface area contributed by atoms with Gasteiger partial charge in [0.1, 0.15) is 5.84 Å². The average Bonchev–Trinajstić information content (AvgIpc) is 3.31. The highest BCUT2D eigenvalue weighted by molar-refractivity contribution is 6.42. The fourth-order valence-electron chi connectivity index (χ4n) is 3.68. The summed E-state index contributed by atoms with van der Waals surface area (Å²) in [5.41, 5.74) is 9.59. The van der Waals surface area contributed by atoms with Gasteiger partial charge in [-0.1, -0.05) is 71.7 Å². The first kappa shape index (κ1) is 28.7. The molecule has 5 N–H and O–H groups in total. The number of amidine groups is 1. The maximum atomic E-state index is 12.4. The highest BCUT2D eigenvalue weighted by atomic mass is 35.5. The topological polar surface area (TPSA) is 101 Å². The summed E-state index contributed by atoms with van der Waals surface area (Å²) in [5.74, 6) is 0.330. The standard InChI is InChI=1S/C26H28Cl2N6O2.ClH/c27-22-11-8-19(14-23(22)28)17-34-32-25(31-33-34)15-26(36)30-21-9-6-18(7-10-21)12-13-29-16-24(35)20-4-2-1-3-5-20;/h1-11,14,24,29,33,35H,12-13,15-17H2,(H,30,36)(H,31,32);1H/t24-;/m0./s1. The number of halogens is 3. The number of nitrogens with zero attached hydrogens (tertiary/aromatic N) is 2. The SMILES string of the molecule is Cl.O=C(CC1=NNN(Cc2ccc(Cl)c(Cl)c2)N1)Nc1ccc(CCNC[C@H](O)c2ccccc2)cc1. The summed E-state index contributed by atoms with van der Waals surface area (Å²) in [4.78, 5) is 12.4. The number of amides is 1. The zero-order valence-electron chi connectivity index (χ0n) is 20.0. The van der Waals surface area contributed by atoms with Gasteiger partial charge in [-0.2, -0.15) is 0 Å². The molecule has 1 atom stereocenters. The number of hydrazone groups is 1. The lowest BCUT2D eigenvalue weighted by molar-refractivity contribution is -0.115. The molecule has 1 aliphatic rings. The second kappa shape index (κ2) is 14.2. The van der Waals surface area contributed by atoms with Gasteiger partial charge in [0.2, 0.25) is 5.91 Å². The lowest BCUT2D eigenvalue weighted by Crippen LogP contribution is -2.41. The molecule has 0 unspecified atom stereocenters. The van der Waals surface area contributed by atoms with E-state index in [2.05, 4.69) is 26.7 Å². The van der Waals surface area contributed by atoms with Crippen LogP contribution in [0, 0.1) is 0 Å². The number of hydrazine groups is 2. The first-order chi connectivity index (χ1) is 17.5. The molecule has 0 aromatic heterocycles. The normalized spacial score (nSPS) is 13.6. The molecule has 196 valence electrons. The Morgan fingerprint density at radius 3 is 2.46 bits per heavy atom. The van der Waals surface area contributed by atoms with Crippen molar-refractivity contribution in [2.75, 3.05) is 18.4 Å². The number of hydrogen-bond donors (Lipinski definition) is 5. The van der Waals surface area contributed by atoms with Gasteiger partial charge in [-0.3, -0.25) is 10.2 Å². The molecule has 0 radical (unpaired) electrons. The van der Waals surface area contributed by atoms with E-state index in [1.165, 1.54) is 0 Å². The Kier molecular flexibility index (Phi) is 11.0. The highest BCUT2D eigenvalue weighted by Gasteiger charge is 2.18. The van der Waals surface area contributed by atoms with E-state index in [0.717, 1.165) is 35.3 Å². The van der Waals surface area contributed by atoms with Crippen molar-refractivity contribution in [1.82, 2.24) is 21.4 Å². The number of carbonyl (C=O) groups is 1. The summed E-state index contributed by atoms with van der Waals surface area (Å²) in [6.07, 6.45) is 0.387. The van der Waals surface area contributed by atoms with Gasteiger partial charge in [-0.15, -0.1) is 22.6 Å². The zero-order chi connectivity index (χ0) is 25.3. The number of anilines is 1. The van der Waals surface area contributed by atoms with Crippen LogP contribution in [-0.4, -0.2) is 35.1 Å². The molecule has 37 heavy (non-hydrogen) atoms. The molecule has 1 aliphatic heterocycles. The van der Waals surface area contributed by atoms with E-state index in [9.17, 15) is 9.90 Å². The minimum Gasteiger partial charge on any atom is -0.387 e. The van der Waals surface area contributed by atoms with Crippen LogP contribution in [0.25, 0.3) is 0 Å². The van der Waals surface area contributed by atoms with Gasteiger partial charge in [0.25, 0.3) is 0 Å². The van der Waals surface area contributed by atoms with Crippen LogP contribution in [0.15, 0.2) is 77.9 Å². The molecule has 0 spiro atoms. The summed E-state index contributed by atoms with van der Waals surface area (Å²) in [5, 5.41) is 23.2. The third-order valence-corrected chi connectivity index (χ3v) is 6.31. The van der Waals surface area contributed by atoms with Gasteiger partial charge in [-0.05, 0) is 53.9 Å². The molecule has 3 aromatic carbocycles. The quantitative estimate of drug-likeness (QED) is 0.221. The number of aliphatic hydroxyl groups is 1. The minimum atomic E-state index is -0.527. The Bertz CT molecular complexity index is 1190. The van der Waals surface area contributed by atoms with Crippen LogP contribution in [0.2, 0.25) is 10.0 Å². The lowest BCUT2D eigenvalue weighted by Gasteiger charge is -2.16. The van der Waals surface area contributed by atoms with Crippen molar-refractivity contribution in [2.45, 2.75) is 25.5 Å². The van der Waals surface area contributed by atoms with Gasteiger partial charge in [0, 0.05) is 12.2 Å². The van der Waals surface area contributed by atoms with E-state index in [1.54, 1.807) is 17.3 Å². The largest absolute Gasteiger partial charge is 0.387 e. The van der Waals surface area contributed by atoms with Crippen LogP contribution in [0.5, 0.6) is 0 Å².